The number of allylic oxidation sites excluding steroid dienone is 3. The third-order valence-electron chi connectivity index (χ3n) is 11.4. The average molecular weight is 543 g/mol. The predicted octanol–water partition coefficient (Wildman–Crippen LogP) is 8.08. The maximum atomic E-state index is 16.0. The van der Waals surface area contributed by atoms with Gasteiger partial charge in [-0.1, -0.05) is 48.7 Å². The molecule has 0 N–H and O–H groups in total. The van der Waals surface area contributed by atoms with Gasteiger partial charge in [-0.3, -0.25) is 4.79 Å². The Labute approximate surface area is 238 Å². The third kappa shape index (κ3) is 4.12. The highest BCUT2D eigenvalue weighted by Crippen LogP contribution is 2.70. The zero-order valence-corrected chi connectivity index (χ0v) is 24.3. The standard InChI is InChI=1S/C35H43FN2O2/c1-4-16-35(32(39)5-2)17-15-30-28-21-31(36)27-20-24(37-40)11-14-26(27)33(28)29(22-34(30,35)3)23-9-12-25(13-10-23)38-18-7-6-8-19-38/h9-10,12-13,20,24,28-31H,5-8,11,14-15,17-19,21-22H2,1-3H3/t24?,28-,29?,30-,31?,34-,35+/m0/s1. The Bertz CT molecular complexity index is 1300. The van der Waals surface area contributed by atoms with Gasteiger partial charge in [0.15, 0.2) is 5.78 Å². The molecule has 4 aliphatic carbocycles. The number of nitrogens with zero attached hydrogens (tertiary/aromatic N) is 2. The van der Waals surface area contributed by atoms with Crippen molar-refractivity contribution in [2.45, 2.75) is 103 Å². The van der Waals surface area contributed by atoms with Crippen LogP contribution < -0.4 is 4.90 Å². The largest absolute Gasteiger partial charge is 0.372 e. The molecule has 0 amide bonds. The minimum Gasteiger partial charge on any atom is -0.372 e. The van der Waals surface area contributed by atoms with E-state index in [4.69, 9.17) is 0 Å². The van der Waals surface area contributed by atoms with Crippen LogP contribution in [0.1, 0.15) is 96.5 Å². The number of Topliss-reactive ketones (excluding diaryl/α,β-unsaturated/α-hetero) is 1. The van der Waals surface area contributed by atoms with Crippen LogP contribution in [0.3, 0.4) is 0 Å². The van der Waals surface area contributed by atoms with Crippen molar-refractivity contribution in [3.8, 4) is 11.8 Å². The van der Waals surface area contributed by atoms with E-state index in [1.54, 1.807) is 0 Å². The minimum absolute atomic E-state index is 0.0820. The van der Waals surface area contributed by atoms with Crippen molar-refractivity contribution in [2.75, 3.05) is 18.0 Å². The van der Waals surface area contributed by atoms with Crippen molar-refractivity contribution in [1.82, 2.24) is 0 Å². The molecule has 1 aliphatic heterocycles. The third-order valence-corrected chi connectivity index (χ3v) is 11.4. The number of carbonyl (C=O) groups is 1. The van der Waals surface area contributed by atoms with Gasteiger partial charge in [-0.25, -0.2) is 4.39 Å². The minimum atomic E-state index is -1.09. The summed E-state index contributed by atoms with van der Waals surface area (Å²) in [6.45, 7) is 8.32. The van der Waals surface area contributed by atoms with E-state index in [0.29, 0.717) is 31.3 Å². The number of nitroso groups, excluding NO2 is 1. The smallest absolute Gasteiger partial charge is 0.151 e. The van der Waals surface area contributed by atoms with Crippen LogP contribution in [-0.4, -0.2) is 31.1 Å². The highest BCUT2D eigenvalue weighted by Gasteiger charge is 2.65. The van der Waals surface area contributed by atoms with Crippen LogP contribution in [0.15, 0.2) is 52.2 Å². The first-order valence-electron chi connectivity index (χ1n) is 15.6. The number of rotatable bonds is 5. The Morgan fingerprint density at radius 3 is 2.58 bits per heavy atom. The van der Waals surface area contributed by atoms with Crippen LogP contribution in [0, 0.1) is 39.4 Å². The molecule has 6 rings (SSSR count). The van der Waals surface area contributed by atoms with Crippen molar-refractivity contribution in [2.24, 2.45) is 27.8 Å². The molecule has 3 unspecified atom stereocenters. The fraction of sp³-hybridized carbons (Fsp3) is 0.629. The lowest BCUT2D eigenvalue weighted by Gasteiger charge is -2.55. The number of alkyl halides is 1. The van der Waals surface area contributed by atoms with Crippen molar-refractivity contribution in [1.29, 1.82) is 0 Å². The maximum Gasteiger partial charge on any atom is 0.151 e. The van der Waals surface area contributed by atoms with E-state index in [-0.39, 0.29) is 29.0 Å². The number of piperidine rings is 1. The fourth-order valence-electron chi connectivity index (χ4n) is 9.48. The first-order valence-corrected chi connectivity index (χ1v) is 15.6. The van der Waals surface area contributed by atoms with Crippen LogP contribution in [-0.2, 0) is 4.79 Å². The van der Waals surface area contributed by atoms with Gasteiger partial charge in [0.2, 0.25) is 0 Å². The maximum absolute atomic E-state index is 16.0. The van der Waals surface area contributed by atoms with Gasteiger partial charge in [0, 0.05) is 31.1 Å². The van der Waals surface area contributed by atoms with Crippen LogP contribution in [0.2, 0.25) is 0 Å². The summed E-state index contributed by atoms with van der Waals surface area (Å²) in [6.07, 6.45) is 9.27. The second-order valence-corrected chi connectivity index (χ2v) is 13.1. The monoisotopic (exact) mass is 542 g/mol. The molecule has 0 aromatic heterocycles. The number of hydrogen-bond donors (Lipinski definition) is 0. The molecule has 1 heterocycles. The van der Waals surface area contributed by atoms with E-state index in [1.165, 1.54) is 36.1 Å². The molecular formula is C35H43FN2O2. The Morgan fingerprint density at radius 1 is 1.15 bits per heavy atom. The van der Waals surface area contributed by atoms with E-state index in [2.05, 4.69) is 53.1 Å². The van der Waals surface area contributed by atoms with Gasteiger partial charge in [-0.2, -0.15) is 4.91 Å². The molecule has 2 saturated carbocycles. The van der Waals surface area contributed by atoms with Gasteiger partial charge in [0.05, 0.1) is 5.41 Å². The van der Waals surface area contributed by atoms with E-state index in [9.17, 15) is 9.70 Å². The van der Waals surface area contributed by atoms with Gasteiger partial charge in [-0.05, 0) is 111 Å². The van der Waals surface area contributed by atoms with Crippen LogP contribution >= 0.6 is 0 Å². The summed E-state index contributed by atoms with van der Waals surface area (Å²) < 4.78 is 16.0. The van der Waals surface area contributed by atoms with Gasteiger partial charge >= 0.3 is 0 Å². The van der Waals surface area contributed by atoms with E-state index >= 15 is 4.39 Å². The van der Waals surface area contributed by atoms with Gasteiger partial charge < -0.3 is 4.90 Å². The van der Waals surface area contributed by atoms with E-state index in [0.717, 1.165) is 37.9 Å². The van der Waals surface area contributed by atoms with Crippen molar-refractivity contribution < 1.29 is 9.18 Å². The number of hydrogen-bond acceptors (Lipinski definition) is 4. The topological polar surface area (TPSA) is 49.7 Å². The Morgan fingerprint density at radius 2 is 1.90 bits per heavy atom. The molecule has 0 spiro atoms. The number of benzene rings is 1. The van der Waals surface area contributed by atoms with E-state index in [1.807, 2.05) is 19.9 Å². The van der Waals surface area contributed by atoms with Crippen molar-refractivity contribution >= 4 is 11.5 Å². The summed E-state index contributed by atoms with van der Waals surface area (Å²) in [5, 5.41) is 3.27. The molecule has 7 atom stereocenters. The van der Waals surface area contributed by atoms with Gasteiger partial charge in [-0.15, -0.1) is 5.92 Å². The molecule has 1 aromatic rings. The number of ketones is 1. The lowest BCUT2D eigenvalue weighted by atomic mass is 9.48. The van der Waals surface area contributed by atoms with Crippen molar-refractivity contribution in [3.63, 3.8) is 0 Å². The first kappa shape index (κ1) is 27.4. The van der Waals surface area contributed by atoms with Crippen LogP contribution in [0.25, 0.3) is 0 Å². The summed E-state index contributed by atoms with van der Waals surface area (Å²) in [5.74, 6) is 7.27. The first-order chi connectivity index (χ1) is 19.4. The van der Waals surface area contributed by atoms with E-state index < -0.39 is 17.6 Å². The molecule has 5 aliphatic rings. The van der Waals surface area contributed by atoms with Crippen LogP contribution in [0.4, 0.5) is 10.1 Å². The van der Waals surface area contributed by atoms with Gasteiger partial charge in [0.1, 0.15) is 12.2 Å². The number of fused-ring (bicyclic) bond motifs is 4. The van der Waals surface area contributed by atoms with Crippen LogP contribution in [0.5, 0.6) is 0 Å². The summed E-state index contributed by atoms with van der Waals surface area (Å²) in [5.41, 5.74) is 4.76. The van der Waals surface area contributed by atoms with Crippen molar-refractivity contribution in [3.05, 3.63) is 57.5 Å². The number of halogens is 1. The normalized spacial score (nSPS) is 37.0. The molecule has 5 heteroatoms. The molecule has 1 aromatic carbocycles. The Hall–Kier alpha value is -2.74. The zero-order valence-electron chi connectivity index (χ0n) is 24.3. The fourth-order valence-corrected chi connectivity index (χ4v) is 9.48. The number of anilines is 1. The summed E-state index contributed by atoms with van der Waals surface area (Å²) in [6, 6.07) is 8.68. The molecule has 0 radical (unpaired) electrons. The molecule has 4 nitrogen and oxygen atoms in total. The molecule has 212 valence electrons. The highest BCUT2D eigenvalue weighted by atomic mass is 19.1. The molecular weight excluding hydrogens is 499 g/mol. The SMILES string of the molecule is CC#C[C@]1(C(=O)CC)CC[C@H]2[C@@H]3CC(F)C4=CC(N=O)CCC4=C3C(c3ccc(N4CCCCC4)cc3)C[C@@]21C. The molecule has 3 fully saturated rings. The average Bonchev–Trinajstić information content (AvgIpc) is 3.29. The lowest BCUT2D eigenvalue weighted by Crippen LogP contribution is -2.51. The molecule has 40 heavy (non-hydrogen) atoms. The predicted molar refractivity (Wildman–Crippen MR) is 159 cm³/mol. The number of carbonyl (C=O) groups excluding carboxylic acids is 1. The van der Waals surface area contributed by atoms with Gasteiger partial charge in [0.25, 0.3) is 0 Å². The highest BCUT2D eigenvalue weighted by molar-refractivity contribution is 5.89. The Balaban J connectivity index is 1.49. The summed E-state index contributed by atoms with van der Waals surface area (Å²) in [7, 11) is 0. The second-order valence-electron chi connectivity index (χ2n) is 13.1. The zero-order chi connectivity index (χ0) is 28.1. The summed E-state index contributed by atoms with van der Waals surface area (Å²) in [4.78, 5) is 27.6. The lowest BCUT2D eigenvalue weighted by molar-refractivity contribution is -0.132. The molecule has 1 saturated heterocycles. The Kier molecular flexibility index (Phi) is 7.26. The molecule has 0 bridgehead atoms. The second kappa shape index (κ2) is 10.6. The summed E-state index contributed by atoms with van der Waals surface area (Å²) >= 11 is 0. The quantitative estimate of drug-likeness (QED) is 0.279.